The van der Waals surface area contributed by atoms with Gasteiger partial charge in [0.2, 0.25) is 0 Å². The van der Waals surface area contributed by atoms with Crippen molar-refractivity contribution in [2.45, 2.75) is 91.0 Å². The smallest absolute Gasteiger partial charge is 0.00104 e. The van der Waals surface area contributed by atoms with Crippen LogP contribution in [0.5, 0.6) is 0 Å². The first kappa shape index (κ1) is 16.3. The molecule has 0 aromatic carbocycles. The molecule has 3 unspecified atom stereocenters. The van der Waals surface area contributed by atoms with Gasteiger partial charge in [0.1, 0.15) is 0 Å². The molecule has 0 aliphatic heterocycles. The second-order valence-electron chi connectivity index (χ2n) is 7.85. The van der Waals surface area contributed by atoms with Crippen LogP contribution in [-0.2, 0) is 0 Å². The summed E-state index contributed by atoms with van der Waals surface area (Å²) in [6.45, 7) is 8.22. The normalized spacial score (nSPS) is 32.7. The lowest BCUT2D eigenvalue weighted by Crippen LogP contribution is -2.39. The van der Waals surface area contributed by atoms with Crippen LogP contribution < -0.4 is 5.32 Å². The van der Waals surface area contributed by atoms with Crippen molar-refractivity contribution in [3.8, 4) is 0 Å². The van der Waals surface area contributed by atoms with E-state index in [0.717, 1.165) is 23.7 Å². The van der Waals surface area contributed by atoms with Gasteiger partial charge in [-0.1, -0.05) is 72.1 Å². The molecule has 0 bridgehead atoms. The summed E-state index contributed by atoms with van der Waals surface area (Å²) in [6, 6.07) is 0.648. The van der Waals surface area contributed by atoms with Gasteiger partial charge in [0, 0.05) is 6.04 Å². The van der Waals surface area contributed by atoms with Crippen molar-refractivity contribution in [2.75, 3.05) is 6.54 Å². The predicted octanol–water partition coefficient (Wildman–Crippen LogP) is 5.40. The second kappa shape index (κ2) is 8.41. The molecule has 0 amide bonds. The molecule has 1 N–H and O–H groups in total. The molecule has 0 aromatic heterocycles. The molecule has 0 spiro atoms. The maximum Gasteiger partial charge on any atom is 0.00104 e. The molecular weight excluding hydrogens is 242 g/mol. The monoisotopic (exact) mass is 279 g/mol. The zero-order valence-corrected chi connectivity index (χ0v) is 14.2. The molecule has 1 nitrogen and oxygen atoms in total. The Morgan fingerprint density at radius 3 is 2.40 bits per heavy atom. The highest BCUT2D eigenvalue weighted by molar-refractivity contribution is 4.87. The van der Waals surface area contributed by atoms with Crippen molar-refractivity contribution < 1.29 is 0 Å². The molecule has 3 atom stereocenters. The Bertz CT molecular complexity index is 254. The van der Waals surface area contributed by atoms with Gasteiger partial charge < -0.3 is 5.32 Å². The molecule has 2 fully saturated rings. The van der Waals surface area contributed by atoms with Crippen molar-refractivity contribution in [1.82, 2.24) is 5.32 Å². The first-order chi connectivity index (χ1) is 9.70. The van der Waals surface area contributed by atoms with Crippen molar-refractivity contribution >= 4 is 0 Å². The van der Waals surface area contributed by atoms with Crippen LogP contribution in [0.4, 0.5) is 0 Å². The lowest BCUT2D eigenvalue weighted by atomic mass is 9.64. The van der Waals surface area contributed by atoms with Gasteiger partial charge in [0.05, 0.1) is 0 Å². The third-order valence-corrected chi connectivity index (χ3v) is 5.90. The summed E-state index contributed by atoms with van der Waals surface area (Å²) in [5.41, 5.74) is 0. The van der Waals surface area contributed by atoms with Gasteiger partial charge >= 0.3 is 0 Å². The van der Waals surface area contributed by atoms with Crippen LogP contribution in [0.15, 0.2) is 0 Å². The second-order valence-corrected chi connectivity index (χ2v) is 7.85. The fraction of sp³-hybridized carbons (Fsp3) is 1.00. The van der Waals surface area contributed by atoms with E-state index in [1.807, 2.05) is 0 Å². The topological polar surface area (TPSA) is 12.0 Å². The fourth-order valence-corrected chi connectivity index (χ4v) is 4.81. The van der Waals surface area contributed by atoms with Crippen molar-refractivity contribution in [1.29, 1.82) is 0 Å². The molecule has 118 valence electrons. The van der Waals surface area contributed by atoms with Crippen LogP contribution in [0.1, 0.15) is 85.0 Å². The Morgan fingerprint density at radius 2 is 1.75 bits per heavy atom. The lowest BCUT2D eigenvalue weighted by molar-refractivity contribution is 0.0905. The standard InChI is InChI=1S/C19H37N/c1-4-8-16-11-12-18(14-20-15(2)3)19(13-16)17-9-6-5-7-10-17/h15-20H,4-14H2,1-3H3. The van der Waals surface area contributed by atoms with E-state index in [4.69, 9.17) is 0 Å². The van der Waals surface area contributed by atoms with Crippen molar-refractivity contribution in [2.24, 2.45) is 23.7 Å². The summed E-state index contributed by atoms with van der Waals surface area (Å²) >= 11 is 0. The summed E-state index contributed by atoms with van der Waals surface area (Å²) in [7, 11) is 0. The van der Waals surface area contributed by atoms with Gasteiger partial charge in [0.15, 0.2) is 0 Å². The van der Waals surface area contributed by atoms with Crippen molar-refractivity contribution in [3.63, 3.8) is 0 Å². The maximum atomic E-state index is 3.73. The minimum atomic E-state index is 0.648. The molecule has 0 aromatic rings. The van der Waals surface area contributed by atoms with E-state index >= 15 is 0 Å². The lowest BCUT2D eigenvalue weighted by Gasteiger charge is -2.42. The molecule has 0 heterocycles. The van der Waals surface area contributed by atoms with Gasteiger partial charge in [-0.3, -0.25) is 0 Å². The number of hydrogen-bond acceptors (Lipinski definition) is 1. The fourth-order valence-electron chi connectivity index (χ4n) is 4.81. The summed E-state index contributed by atoms with van der Waals surface area (Å²) in [5, 5.41) is 3.73. The molecule has 0 radical (unpaired) electrons. The molecule has 0 saturated heterocycles. The summed E-state index contributed by atoms with van der Waals surface area (Å²) in [4.78, 5) is 0. The van der Waals surface area contributed by atoms with E-state index in [1.54, 1.807) is 6.42 Å². The number of nitrogens with one attached hydrogen (secondary N) is 1. The van der Waals surface area contributed by atoms with Crippen LogP contribution in [-0.4, -0.2) is 12.6 Å². The minimum Gasteiger partial charge on any atom is -0.314 e. The van der Waals surface area contributed by atoms with Gasteiger partial charge in [-0.25, -0.2) is 0 Å². The van der Waals surface area contributed by atoms with Gasteiger partial charge in [-0.05, 0) is 43.1 Å². The molecule has 2 aliphatic rings. The molecule has 2 aliphatic carbocycles. The van der Waals surface area contributed by atoms with E-state index in [0.29, 0.717) is 6.04 Å². The molecular formula is C19H37N. The molecule has 2 rings (SSSR count). The predicted molar refractivity (Wildman–Crippen MR) is 88.9 cm³/mol. The Labute approximate surface area is 127 Å². The van der Waals surface area contributed by atoms with Crippen LogP contribution in [0.2, 0.25) is 0 Å². The first-order valence-electron chi connectivity index (χ1n) is 9.44. The van der Waals surface area contributed by atoms with Crippen molar-refractivity contribution in [3.05, 3.63) is 0 Å². The zero-order chi connectivity index (χ0) is 14.4. The Morgan fingerprint density at radius 1 is 1.00 bits per heavy atom. The van der Waals surface area contributed by atoms with E-state index in [9.17, 15) is 0 Å². The molecule has 20 heavy (non-hydrogen) atoms. The number of rotatable bonds is 6. The van der Waals surface area contributed by atoms with Crippen LogP contribution in [0.25, 0.3) is 0 Å². The van der Waals surface area contributed by atoms with Crippen LogP contribution in [0.3, 0.4) is 0 Å². The molecule has 2 saturated carbocycles. The zero-order valence-electron chi connectivity index (χ0n) is 14.2. The van der Waals surface area contributed by atoms with Crippen LogP contribution in [0, 0.1) is 23.7 Å². The van der Waals surface area contributed by atoms with Gasteiger partial charge in [0.25, 0.3) is 0 Å². The largest absolute Gasteiger partial charge is 0.314 e. The van der Waals surface area contributed by atoms with E-state index < -0.39 is 0 Å². The summed E-state index contributed by atoms with van der Waals surface area (Å²) in [5.74, 6) is 4.10. The van der Waals surface area contributed by atoms with Gasteiger partial charge in [-0.2, -0.15) is 0 Å². The quantitative estimate of drug-likeness (QED) is 0.686. The highest BCUT2D eigenvalue weighted by atomic mass is 14.9. The number of hydrogen-bond donors (Lipinski definition) is 1. The third-order valence-electron chi connectivity index (χ3n) is 5.90. The third kappa shape index (κ3) is 4.76. The summed E-state index contributed by atoms with van der Waals surface area (Å²) in [6.07, 6.45) is 15.0. The highest BCUT2D eigenvalue weighted by Crippen LogP contribution is 2.44. The summed E-state index contributed by atoms with van der Waals surface area (Å²) < 4.78 is 0. The first-order valence-corrected chi connectivity index (χ1v) is 9.44. The van der Waals surface area contributed by atoms with Crippen LogP contribution >= 0.6 is 0 Å². The van der Waals surface area contributed by atoms with E-state index in [2.05, 4.69) is 26.1 Å². The highest BCUT2D eigenvalue weighted by Gasteiger charge is 2.35. The Kier molecular flexibility index (Phi) is 6.87. The van der Waals surface area contributed by atoms with Gasteiger partial charge in [-0.15, -0.1) is 0 Å². The Balaban J connectivity index is 1.93. The Hall–Kier alpha value is -0.0400. The SMILES string of the molecule is CCCC1CCC(CNC(C)C)C(C2CCCCC2)C1. The average Bonchev–Trinajstić information content (AvgIpc) is 2.47. The average molecular weight is 280 g/mol. The minimum absolute atomic E-state index is 0.648. The van der Waals surface area contributed by atoms with E-state index in [1.165, 1.54) is 64.3 Å². The molecule has 1 heteroatoms. The van der Waals surface area contributed by atoms with E-state index in [-0.39, 0.29) is 0 Å². The maximum absolute atomic E-state index is 3.73.